The Bertz CT molecular complexity index is 686. The second-order valence-corrected chi connectivity index (χ2v) is 8.28. The molecule has 0 saturated carbocycles. The van der Waals surface area contributed by atoms with Gasteiger partial charge in [0.05, 0.1) is 21.5 Å². The molecule has 0 aliphatic carbocycles. The van der Waals surface area contributed by atoms with Crippen LogP contribution in [0, 0.1) is 17.2 Å². The van der Waals surface area contributed by atoms with Crippen LogP contribution in [-0.4, -0.2) is 21.7 Å². The van der Waals surface area contributed by atoms with Crippen LogP contribution >= 0.6 is 23.1 Å². The molecule has 0 spiro atoms. The number of thiazole rings is 1. The molecule has 2 aromatic rings. The number of hydrogen-bond donors (Lipinski definition) is 1. The third kappa shape index (κ3) is 3.60. The van der Waals surface area contributed by atoms with E-state index in [-0.39, 0.29) is 17.1 Å². The molecular formula is C16H19N3OS2. The van der Waals surface area contributed by atoms with Crippen molar-refractivity contribution in [3.05, 3.63) is 24.3 Å². The number of carbonyl (C=O) groups is 1. The number of nitriles is 1. The van der Waals surface area contributed by atoms with E-state index in [1.807, 2.05) is 45.0 Å². The van der Waals surface area contributed by atoms with Crippen molar-refractivity contribution >= 4 is 39.2 Å². The molecule has 1 amide bonds. The third-order valence-electron chi connectivity index (χ3n) is 3.69. The molecule has 116 valence electrons. The number of nitrogens with zero attached hydrogens (tertiary/aromatic N) is 2. The summed E-state index contributed by atoms with van der Waals surface area (Å²) in [7, 11) is 0. The van der Waals surface area contributed by atoms with Crippen molar-refractivity contribution in [3.63, 3.8) is 0 Å². The maximum atomic E-state index is 12.3. The lowest BCUT2D eigenvalue weighted by atomic mass is 9.90. The summed E-state index contributed by atoms with van der Waals surface area (Å²) >= 11 is 3.01. The molecule has 0 unspecified atom stereocenters. The summed E-state index contributed by atoms with van der Waals surface area (Å²) in [6, 6.07) is 10.1. The lowest BCUT2D eigenvalue weighted by Gasteiger charge is -2.28. The Morgan fingerprint density at radius 3 is 2.68 bits per heavy atom. The molecule has 6 heteroatoms. The molecule has 2 rings (SSSR count). The van der Waals surface area contributed by atoms with Crippen LogP contribution in [0.2, 0.25) is 0 Å². The quantitative estimate of drug-likeness (QED) is 0.845. The molecule has 1 aromatic heterocycles. The second-order valence-electron chi connectivity index (χ2n) is 5.67. The Morgan fingerprint density at radius 1 is 1.41 bits per heavy atom. The van der Waals surface area contributed by atoms with Crippen molar-refractivity contribution in [2.45, 2.75) is 42.8 Å². The summed E-state index contributed by atoms with van der Waals surface area (Å²) < 4.78 is 1.98. The van der Waals surface area contributed by atoms with Gasteiger partial charge in [0.2, 0.25) is 5.91 Å². The van der Waals surface area contributed by atoms with Gasteiger partial charge >= 0.3 is 0 Å². The standard InChI is InChI=1S/C16H19N3OS2/c1-10(2)16(4,9-17)19-14(20)11(3)21-15-18-12-7-5-6-8-13(12)22-15/h5-8,10-11H,1-4H3,(H,19,20)/t11-,16+/m0/s1. The summed E-state index contributed by atoms with van der Waals surface area (Å²) in [6.45, 7) is 7.44. The molecule has 22 heavy (non-hydrogen) atoms. The molecule has 0 saturated heterocycles. The lowest BCUT2D eigenvalue weighted by Crippen LogP contribution is -2.51. The molecule has 0 aliphatic rings. The number of thioether (sulfide) groups is 1. The van der Waals surface area contributed by atoms with Gasteiger partial charge in [0.25, 0.3) is 0 Å². The number of nitrogens with one attached hydrogen (secondary N) is 1. The van der Waals surface area contributed by atoms with Crippen LogP contribution in [0.25, 0.3) is 10.2 Å². The molecule has 0 fully saturated rings. The van der Waals surface area contributed by atoms with Crippen molar-refractivity contribution in [1.82, 2.24) is 10.3 Å². The first-order valence-electron chi connectivity index (χ1n) is 7.11. The summed E-state index contributed by atoms with van der Waals surface area (Å²) in [5.41, 5.74) is 0.103. The van der Waals surface area contributed by atoms with E-state index in [1.165, 1.54) is 11.8 Å². The van der Waals surface area contributed by atoms with Crippen LogP contribution in [-0.2, 0) is 4.79 Å². The maximum Gasteiger partial charge on any atom is 0.234 e. The zero-order valence-corrected chi connectivity index (χ0v) is 14.7. The van der Waals surface area contributed by atoms with E-state index in [4.69, 9.17) is 0 Å². The number of hydrogen-bond acceptors (Lipinski definition) is 5. The predicted octanol–water partition coefficient (Wildman–Crippen LogP) is 3.83. The minimum Gasteiger partial charge on any atom is -0.337 e. The van der Waals surface area contributed by atoms with Gasteiger partial charge in [-0.15, -0.1) is 11.3 Å². The van der Waals surface area contributed by atoms with E-state index < -0.39 is 5.54 Å². The molecule has 0 aliphatic heterocycles. The number of carbonyl (C=O) groups excluding carboxylic acids is 1. The molecule has 1 N–H and O–H groups in total. The molecule has 1 heterocycles. The molecule has 4 nitrogen and oxygen atoms in total. The Kier molecular flexibility index (Phi) is 5.09. The van der Waals surface area contributed by atoms with Crippen molar-refractivity contribution in [1.29, 1.82) is 5.26 Å². The first-order chi connectivity index (χ1) is 10.4. The van der Waals surface area contributed by atoms with E-state index in [1.54, 1.807) is 18.3 Å². The van der Waals surface area contributed by atoms with Gasteiger partial charge in [0, 0.05) is 0 Å². The van der Waals surface area contributed by atoms with E-state index in [0.29, 0.717) is 0 Å². The molecular weight excluding hydrogens is 314 g/mol. The van der Waals surface area contributed by atoms with E-state index >= 15 is 0 Å². The fourth-order valence-corrected chi connectivity index (χ4v) is 3.98. The van der Waals surface area contributed by atoms with Crippen molar-refractivity contribution in [3.8, 4) is 6.07 Å². The van der Waals surface area contributed by atoms with Crippen LogP contribution in [0.3, 0.4) is 0 Å². The van der Waals surface area contributed by atoms with Gasteiger partial charge in [-0.1, -0.05) is 37.7 Å². The zero-order valence-electron chi connectivity index (χ0n) is 13.1. The predicted molar refractivity (Wildman–Crippen MR) is 91.9 cm³/mol. The monoisotopic (exact) mass is 333 g/mol. The minimum atomic E-state index is -0.848. The number of fused-ring (bicyclic) bond motifs is 1. The van der Waals surface area contributed by atoms with Gasteiger partial charge in [-0.25, -0.2) is 4.98 Å². The fraction of sp³-hybridized carbons (Fsp3) is 0.438. The Balaban J connectivity index is 2.07. The highest BCUT2D eigenvalue weighted by Gasteiger charge is 2.32. The van der Waals surface area contributed by atoms with Gasteiger partial charge in [-0.05, 0) is 31.9 Å². The highest BCUT2D eigenvalue weighted by molar-refractivity contribution is 8.02. The topological polar surface area (TPSA) is 65.8 Å². The molecule has 2 atom stereocenters. The first-order valence-corrected chi connectivity index (χ1v) is 8.81. The van der Waals surface area contributed by atoms with Crippen molar-refractivity contribution in [2.75, 3.05) is 0 Å². The van der Waals surface area contributed by atoms with Crippen LogP contribution < -0.4 is 5.32 Å². The Labute approximate surface area is 138 Å². The van der Waals surface area contributed by atoms with Crippen LogP contribution in [0.15, 0.2) is 28.6 Å². The smallest absolute Gasteiger partial charge is 0.234 e. The van der Waals surface area contributed by atoms with Gasteiger partial charge in [-0.2, -0.15) is 5.26 Å². The van der Waals surface area contributed by atoms with Crippen molar-refractivity contribution < 1.29 is 4.79 Å². The molecule has 1 aromatic carbocycles. The minimum absolute atomic E-state index is 0.0427. The highest BCUT2D eigenvalue weighted by Crippen LogP contribution is 2.32. The number of benzene rings is 1. The maximum absolute atomic E-state index is 12.3. The summed E-state index contributed by atoms with van der Waals surface area (Å²) in [5, 5.41) is 11.8. The first kappa shape index (κ1) is 16.8. The molecule has 0 bridgehead atoms. The van der Waals surface area contributed by atoms with Crippen LogP contribution in [0.5, 0.6) is 0 Å². The highest BCUT2D eigenvalue weighted by atomic mass is 32.2. The largest absolute Gasteiger partial charge is 0.337 e. The molecule has 0 radical (unpaired) electrons. The lowest BCUT2D eigenvalue weighted by molar-refractivity contribution is -0.121. The number of aromatic nitrogens is 1. The summed E-state index contributed by atoms with van der Waals surface area (Å²) in [4.78, 5) is 16.9. The van der Waals surface area contributed by atoms with Gasteiger partial charge < -0.3 is 5.32 Å². The second kappa shape index (κ2) is 6.67. The number of para-hydroxylation sites is 1. The fourth-order valence-electron chi connectivity index (χ4n) is 1.77. The van der Waals surface area contributed by atoms with Crippen LogP contribution in [0.4, 0.5) is 0 Å². The van der Waals surface area contributed by atoms with Crippen molar-refractivity contribution in [2.24, 2.45) is 5.92 Å². The average molecular weight is 333 g/mol. The normalized spacial score (nSPS) is 15.3. The van der Waals surface area contributed by atoms with E-state index in [2.05, 4.69) is 16.4 Å². The van der Waals surface area contributed by atoms with E-state index in [9.17, 15) is 10.1 Å². The Morgan fingerprint density at radius 2 is 2.09 bits per heavy atom. The zero-order chi connectivity index (χ0) is 16.3. The summed E-state index contributed by atoms with van der Waals surface area (Å²) in [6.07, 6.45) is 0. The average Bonchev–Trinajstić information content (AvgIpc) is 2.88. The van der Waals surface area contributed by atoms with E-state index in [0.717, 1.165) is 14.6 Å². The van der Waals surface area contributed by atoms with Gasteiger partial charge in [0.1, 0.15) is 5.54 Å². The number of rotatable bonds is 5. The summed E-state index contributed by atoms with van der Waals surface area (Å²) in [5.74, 6) is -0.0943. The third-order valence-corrected chi connectivity index (χ3v) is 5.92. The number of amides is 1. The SMILES string of the molecule is CC(C)[C@@](C)(C#N)NC(=O)[C@H](C)Sc1nc2ccccc2s1. The Hall–Kier alpha value is -1.58. The van der Waals surface area contributed by atoms with Gasteiger partial charge in [0.15, 0.2) is 4.34 Å². The van der Waals surface area contributed by atoms with Crippen LogP contribution in [0.1, 0.15) is 27.7 Å². The van der Waals surface area contributed by atoms with Gasteiger partial charge in [-0.3, -0.25) is 4.79 Å².